The van der Waals surface area contributed by atoms with Crippen molar-refractivity contribution in [2.75, 3.05) is 57.8 Å². The highest BCUT2D eigenvalue weighted by Gasteiger charge is 2.31. The van der Waals surface area contributed by atoms with Crippen LogP contribution >= 0.6 is 23.6 Å². The zero-order valence-corrected chi connectivity index (χ0v) is 20.2. The minimum Gasteiger partial charge on any atom is -0.368 e. The Morgan fingerprint density at radius 1 is 1.16 bits per heavy atom. The van der Waals surface area contributed by atoms with E-state index in [2.05, 4.69) is 44.9 Å². The van der Waals surface area contributed by atoms with Gasteiger partial charge in [-0.15, -0.1) is 17.1 Å². The number of aliphatic imine (C=N–C) groups is 1. The fourth-order valence-corrected chi connectivity index (χ4v) is 6.49. The number of likely N-dealkylation sites (N-methyl/N-ethyl adjacent to an activating group) is 1. The van der Waals surface area contributed by atoms with Crippen LogP contribution < -0.4 is 10.6 Å². The molecule has 0 saturated carbocycles. The molecular weight excluding hydrogens is 436 g/mol. The van der Waals surface area contributed by atoms with Crippen LogP contribution in [0.2, 0.25) is 0 Å². The summed E-state index contributed by atoms with van der Waals surface area (Å²) in [4.78, 5) is 15.4. The molecule has 0 bridgehead atoms. The van der Waals surface area contributed by atoms with E-state index in [4.69, 9.17) is 12.2 Å². The van der Waals surface area contributed by atoms with Crippen LogP contribution in [-0.4, -0.2) is 79.3 Å². The van der Waals surface area contributed by atoms with Gasteiger partial charge in [-0.25, -0.2) is 4.99 Å². The molecule has 2 aromatic rings. The number of rotatable bonds is 6. The molecule has 6 nitrogen and oxygen atoms in total. The van der Waals surface area contributed by atoms with Gasteiger partial charge in [-0.2, -0.15) is 0 Å². The number of thiocarbonyl (C=S) groups is 1. The van der Waals surface area contributed by atoms with Crippen molar-refractivity contribution in [2.24, 2.45) is 4.99 Å². The van der Waals surface area contributed by atoms with Gasteiger partial charge < -0.3 is 14.7 Å². The summed E-state index contributed by atoms with van der Waals surface area (Å²) >= 11 is 6.93. The predicted octanol–water partition coefficient (Wildman–Crippen LogP) is 3.34. The molecule has 8 heteroatoms. The molecule has 4 heterocycles. The Hall–Kier alpha value is -1.84. The first-order valence-electron chi connectivity index (χ1n) is 11.5. The highest BCUT2D eigenvalue weighted by atomic mass is 32.1. The number of thiophene rings is 1. The summed E-state index contributed by atoms with van der Waals surface area (Å²) < 4.78 is 0. The van der Waals surface area contributed by atoms with Gasteiger partial charge in [-0.1, -0.05) is 30.4 Å². The molecule has 1 fully saturated rings. The molecule has 168 valence electrons. The van der Waals surface area contributed by atoms with Gasteiger partial charge in [-0.3, -0.25) is 4.90 Å². The molecule has 3 aliphatic heterocycles. The van der Waals surface area contributed by atoms with E-state index in [1.54, 1.807) is 16.7 Å². The fourth-order valence-electron chi connectivity index (χ4n) is 5.00. The van der Waals surface area contributed by atoms with Gasteiger partial charge in [0.2, 0.25) is 0 Å². The third-order valence-corrected chi connectivity index (χ3v) is 8.23. The normalized spacial score (nSPS) is 21.5. The first kappa shape index (κ1) is 22.0. The molecule has 2 radical (unpaired) electrons. The van der Waals surface area contributed by atoms with Crippen LogP contribution in [-0.2, 0) is 13.0 Å². The molecule has 1 atom stereocenters. The monoisotopic (exact) mass is 466 g/mol. The Labute approximate surface area is 200 Å². The smallest absolute Gasteiger partial charge is 0.144 e. The van der Waals surface area contributed by atoms with Crippen molar-refractivity contribution in [1.82, 2.24) is 20.4 Å². The molecule has 0 aliphatic carbocycles. The second-order valence-corrected chi connectivity index (χ2v) is 10.2. The van der Waals surface area contributed by atoms with Crippen LogP contribution in [0.15, 0.2) is 29.3 Å². The van der Waals surface area contributed by atoms with Gasteiger partial charge >= 0.3 is 0 Å². The first-order chi connectivity index (χ1) is 15.6. The summed E-state index contributed by atoms with van der Waals surface area (Å²) in [5, 5.41) is 2.78. The van der Waals surface area contributed by atoms with Gasteiger partial charge in [-0.05, 0) is 38.1 Å². The number of anilines is 1. The quantitative estimate of drug-likeness (QED) is 0.611. The SMILES string of the molecule is CN1CCc2c(sc3c2C([N])N(CCCN2CCN(c4ccccc4C=S)CC2)C=N3)C1. The van der Waals surface area contributed by atoms with Gasteiger partial charge in [0.1, 0.15) is 11.2 Å². The van der Waals surface area contributed by atoms with Crippen molar-refractivity contribution < 1.29 is 0 Å². The maximum atomic E-state index is 11.1. The number of nitrogens with zero attached hydrogens (tertiary/aromatic N) is 6. The Morgan fingerprint density at radius 2 is 1.97 bits per heavy atom. The van der Waals surface area contributed by atoms with Crippen molar-refractivity contribution in [3.63, 3.8) is 0 Å². The lowest BCUT2D eigenvalue weighted by molar-refractivity contribution is 0.233. The van der Waals surface area contributed by atoms with Gasteiger partial charge in [0.15, 0.2) is 0 Å². The van der Waals surface area contributed by atoms with Crippen LogP contribution in [0, 0.1) is 0 Å². The average molecular weight is 467 g/mol. The van der Waals surface area contributed by atoms with E-state index in [9.17, 15) is 5.73 Å². The van der Waals surface area contributed by atoms with E-state index in [0.717, 1.165) is 81.3 Å². The fraction of sp³-hybridized carbons (Fsp3) is 0.500. The molecule has 3 aliphatic rings. The van der Waals surface area contributed by atoms with Crippen molar-refractivity contribution >= 4 is 45.9 Å². The molecule has 1 aromatic carbocycles. The highest BCUT2D eigenvalue weighted by Crippen LogP contribution is 2.44. The lowest BCUT2D eigenvalue weighted by atomic mass is 10.00. The van der Waals surface area contributed by atoms with Crippen LogP contribution in [0.25, 0.3) is 0 Å². The van der Waals surface area contributed by atoms with Crippen molar-refractivity contribution in [1.29, 1.82) is 0 Å². The first-order valence-corrected chi connectivity index (χ1v) is 12.8. The van der Waals surface area contributed by atoms with E-state index >= 15 is 0 Å². The predicted molar refractivity (Wildman–Crippen MR) is 137 cm³/mol. The van der Waals surface area contributed by atoms with Crippen LogP contribution in [0.3, 0.4) is 0 Å². The van der Waals surface area contributed by atoms with E-state index in [1.165, 1.54) is 16.1 Å². The number of fused-ring (bicyclic) bond motifs is 3. The summed E-state index contributed by atoms with van der Waals surface area (Å²) in [6.45, 7) is 8.03. The number of hydrogen-bond acceptors (Lipinski definition) is 7. The summed E-state index contributed by atoms with van der Waals surface area (Å²) in [5.41, 5.74) is 15.9. The van der Waals surface area contributed by atoms with Crippen molar-refractivity contribution in [3.05, 3.63) is 45.8 Å². The zero-order chi connectivity index (χ0) is 22.1. The van der Waals surface area contributed by atoms with Crippen LogP contribution in [0.1, 0.15) is 34.2 Å². The molecule has 0 amide bonds. The molecular formula is C24H30N6S2. The standard InChI is InChI=1S/C24H30N6S2/c1-27-10-7-19-21(15-27)32-24-22(19)23(25)30(17-26-24)9-4-8-28-11-13-29(14-12-28)20-6-3-2-5-18(20)16-31/h2-3,5-6,16-17,23H,4,7-15H2,1H3. The lowest BCUT2D eigenvalue weighted by Gasteiger charge is -2.37. The number of hydrogen-bond donors (Lipinski definition) is 0. The highest BCUT2D eigenvalue weighted by molar-refractivity contribution is 7.79. The van der Waals surface area contributed by atoms with Crippen molar-refractivity contribution in [2.45, 2.75) is 25.6 Å². The van der Waals surface area contributed by atoms with E-state index in [-0.39, 0.29) is 0 Å². The molecule has 0 spiro atoms. The van der Waals surface area contributed by atoms with Gasteiger partial charge in [0, 0.05) is 72.9 Å². The van der Waals surface area contributed by atoms with E-state index < -0.39 is 6.17 Å². The van der Waals surface area contributed by atoms with E-state index in [1.807, 2.05) is 17.3 Å². The largest absolute Gasteiger partial charge is 0.368 e. The molecule has 32 heavy (non-hydrogen) atoms. The topological polar surface area (TPSA) is 47.6 Å². The van der Waals surface area contributed by atoms with Crippen LogP contribution in [0.5, 0.6) is 0 Å². The summed E-state index contributed by atoms with van der Waals surface area (Å²) in [6, 6.07) is 8.39. The maximum Gasteiger partial charge on any atom is 0.144 e. The number of piperazine rings is 1. The maximum absolute atomic E-state index is 11.1. The minimum atomic E-state index is -0.561. The second-order valence-electron chi connectivity index (χ2n) is 8.93. The van der Waals surface area contributed by atoms with Gasteiger partial charge in [0.05, 0.1) is 6.34 Å². The third-order valence-electron chi connectivity index (χ3n) is 6.83. The molecule has 5 rings (SSSR count). The number of benzene rings is 1. The third kappa shape index (κ3) is 4.34. The van der Waals surface area contributed by atoms with Crippen molar-refractivity contribution in [3.8, 4) is 0 Å². The Kier molecular flexibility index (Phi) is 6.57. The molecule has 1 aromatic heterocycles. The Bertz CT molecular complexity index is 994. The van der Waals surface area contributed by atoms with Crippen LogP contribution in [0.4, 0.5) is 10.7 Å². The lowest BCUT2D eigenvalue weighted by Crippen LogP contribution is -2.47. The molecule has 1 saturated heterocycles. The Balaban J connectivity index is 1.13. The second kappa shape index (κ2) is 9.57. The van der Waals surface area contributed by atoms with Gasteiger partial charge in [0.25, 0.3) is 0 Å². The molecule has 0 N–H and O–H groups in total. The minimum absolute atomic E-state index is 0.561. The summed E-state index contributed by atoms with van der Waals surface area (Å²) in [5.74, 6) is 0. The Morgan fingerprint density at radius 3 is 2.78 bits per heavy atom. The number of para-hydroxylation sites is 1. The zero-order valence-electron chi connectivity index (χ0n) is 18.6. The summed E-state index contributed by atoms with van der Waals surface area (Å²) in [6.07, 6.45) is 3.31. The molecule has 1 unspecified atom stereocenters. The summed E-state index contributed by atoms with van der Waals surface area (Å²) in [7, 11) is 2.16. The van der Waals surface area contributed by atoms with E-state index in [0.29, 0.717) is 0 Å². The average Bonchev–Trinajstić information content (AvgIpc) is 3.19.